The molecule has 0 aliphatic carbocycles. The van der Waals surface area contributed by atoms with Crippen LogP contribution < -0.4 is 10.6 Å². The van der Waals surface area contributed by atoms with Gasteiger partial charge in [0.05, 0.1) is 4.75 Å². The number of hydrogen-bond acceptors (Lipinski definition) is 7. The first-order chi connectivity index (χ1) is 8.69. The Morgan fingerprint density at radius 3 is 2.37 bits per heavy atom. The fraction of sp³-hybridized carbons (Fsp3) is 0.636. The summed E-state index contributed by atoms with van der Waals surface area (Å²) in [5.41, 5.74) is 0. The molecule has 0 unspecified atom stereocenters. The van der Waals surface area contributed by atoms with Gasteiger partial charge in [-0.1, -0.05) is 11.8 Å². The molecular formula is C11H20N4O2S2. The third-order valence-electron chi connectivity index (χ3n) is 2.84. The minimum absolute atomic E-state index is 0.291. The summed E-state index contributed by atoms with van der Waals surface area (Å²) in [7, 11) is -1.36. The van der Waals surface area contributed by atoms with E-state index < -0.39 is 14.6 Å². The average Bonchev–Trinajstić information content (AvgIpc) is 2.34. The molecule has 0 bridgehead atoms. The van der Waals surface area contributed by atoms with Gasteiger partial charge in [-0.15, -0.1) is 0 Å². The lowest BCUT2D eigenvalue weighted by atomic mass is 10.2. The molecule has 0 saturated carbocycles. The first kappa shape index (κ1) is 16.0. The Morgan fingerprint density at radius 1 is 1.32 bits per heavy atom. The SMILES string of the molecule is CNc1cc(NCC(C)(C)S(C)(=O)=O)nc(SC)n1. The number of nitrogens with zero attached hydrogens (tertiary/aromatic N) is 2. The van der Waals surface area contributed by atoms with E-state index in [4.69, 9.17) is 0 Å². The third-order valence-corrected chi connectivity index (χ3v) is 5.54. The quantitative estimate of drug-likeness (QED) is 0.608. The smallest absolute Gasteiger partial charge is 0.191 e. The largest absolute Gasteiger partial charge is 0.373 e. The van der Waals surface area contributed by atoms with Crippen molar-refractivity contribution in [3.63, 3.8) is 0 Å². The zero-order valence-corrected chi connectivity index (χ0v) is 13.4. The van der Waals surface area contributed by atoms with Crippen molar-refractivity contribution in [1.82, 2.24) is 9.97 Å². The molecule has 2 N–H and O–H groups in total. The van der Waals surface area contributed by atoms with Crippen molar-refractivity contribution in [3.8, 4) is 0 Å². The van der Waals surface area contributed by atoms with E-state index >= 15 is 0 Å². The molecule has 0 atom stereocenters. The van der Waals surface area contributed by atoms with Gasteiger partial charge in [0.25, 0.3) is 0 Å². The molecule has 1 heterocycles. The van der Waals surface area contributed by atoms with Crippen LogP contribution in [0.5, 0.6) is 0 Å². The van der Waals surface area contributed by atoms with E-state index in [0.717, 1.165) is 0 Å². The van der Waals surface area contributed by atoms with Gasteiger partial charge in [0, 0.05) is 25.9 Å². The molecule has 0 radical (unpaired) electrons. The minimum Gasteiger partial charge on any atom is -0.373 e. The molecule has 1 aromatic heterocycles. The highest BCUT2D eigenvalue weighted by Crippen LogP contribution is 2.19. The van der Waals surface area contributed by atoms with Gasteiger partial charge in [-0.2, -0.15) is 0 Å². The van der Waals surface area contributed by atoms with E-state index in [1.54, 1.807) is 27.0 Å². The molecule has 19 heavy (non-hydrogen) atoms. The highest BCUT2D eigenvalue weighted by Gasteiger charge is 2.30. The van der Waals surface area contributed by atoms with Crippen LogP contribution in [0.25, 0.3) is 0 Å². The second-order valence-electron chi connectivity index (χ2n) is 4.76. The fourth-order valence-electron chi connectivity index (χ4n) is 1.17. The van der Waals surface area contributed by atoms with E-state index in [1.165, 1.54) is 18.0 Å². The van der Waals surface area contributed by atoms with E-state index in [9.17, 15) is 8.42 Å². The lowest BCUT2D eigenvalue weighted by Gasteiger charge is -2.23. The maximum Gasteiger partial charge on any atom is 0.191 e. The molecular weight excluding hydrogens is 284 g/mol. The summed E-state index contributed by atoms with van der Waals surface area (Å²) in [6.07, 6.45) is 3.13. The van der Waals surface area contributed by atoms with Crippen LogP contribution in [0.3, 0.4) is 0 Å². The zero-order chi connectivity index (χ0) is 14.7. The summed E-state index contributed by atoms with van der Waals surface area (Å²) in [5.74, 6) is 1.31. The van der Waals surface area contributed by atoms with Crippen LogP contribution in [0.4, 0.5) is 11.6 Å². The molecule has 1 aromatic rings. The second-order valence-corrected chi connectivity index (χ2v) is 8.18. The molecule has 0 aliphatic rings. The Kier molecular flexibility index (Phi) is 5.03. The van der Waals surface area contributed by atoms with Crippen LogP contribution >= 0.6 is 11.8 Å². The van der Waals surface area contributed by atoms with E-state index in [-0.39, 0.29) is 0 Å². The lowest BCUT2D eigenvalue weighted by molar-refractivity contribution is 0.559. The first-order valence-corrected chi connectivity index (χ1v) is 8.85. The Hall–Kier alpha value is -1.02. The van der Waals surface area contributed by atoms with E-state index in [0.29, 0.717) is 23.3 Å². The first-order valence-electron chi connectivity index (χ1n) is 5.74. The molecule has 0 aliphatic heterocycles. The summed E-state index contributed by atoms with van der Waals surface area (Å²) < 4.78 is 22.4. The average molecular weight is 304 g/mol. The molecule has 0 saturated heterocycles. The predicted molar refractivity (Wildman–Crippen MR) is 80.8 cm³/mol. The lowest BCUT2D eigenvalue weighted by Crippen LogP contribution is -2.38. The molecule has 1 rings (SSSR count). The monoisotopic (exact) mass is 304 g/mol. The molecule has 0 spiro atoms. The van der Waals surface area contributed by atoms with Gasteiger partial charge < -0.3 is 10.6 Å². The highest BCUT2D eigenvalue weighted by molar-refractivity contribution is 7.98. The topological polar surface area (TPSA) is 84.0 Å². The molecule has 8 heteroatoms. The van der Waals surface area contributed by atoms with Gasteiger partial charge in [0.1, 0.15) is 11.6 Å². The second kappa shape index (κ2) is 5.96. The van der Waals surface area contributed by atoms with Crippen LogP contribution in [0.2, 0.25) is 0 Å². The normalized spacial score (nSPS) is 12.3. The Balaban J connectivity index is 2.89. The van der Waals surface area contributed by atoms with Crippen molar-refractivity contribution in [2.45, 2.75) is 23.8 Å². The summed E-state index contributed by atoms with van der Waals surface area (Å²) in [6, 6.07) is 1.75. The van der Waals surface area contributed by atoms with Crippen LogP contribution in [0.15, 0.2) is 11.2 Å². The number of rotatable bonds is 6. The molecule has 0 fully saturated rings. The van der Waals surface area contributed by atoms with Crippen LogP contribution in [0, 0.1) is 0 Å². The molecule has 0 aromatic carbocycles. The maximum absolute atomic E-state index is 11.6. The Bertz CT molecular complexity index is 521. The van der Waals surface area contributed by atoms with Crippen molar-refractivity contribution < 1.29 is 8.42 Å². The maximum atomic E-state index is 11.6. The minimum atomic E-state index is -3.13. The number of nitrogens with one attached hydrogen (secondary N) is 2. The van der Waals surface area contributed by atoms with Gasteiger partial charge >= 0.3 is 0 Å². The van der Waals surface area contributed by atoms with Gasteiger partial charge in [-0.3, -0.25) is 0 Å². The highest BCUT2D eigenvalue weighted by atomic mass is 32.2. The van der Waals surface area contributed by atoms with Crippen LogP contribution in [0.1, 0.15) is 13.8 Å². The van der Waals surface area contributed by atoms with Crippen molar-refractivity contribution in [1.29, 1.82) is 0 Å². The summed E-state index contributed by atoms with van der Waals surface area (Å²) in [4.78, 5) is 8.54. The van der Waals surface area contributed by atoms with Crippen LogP contribution in [-0.4, -0.2) is 49.2 Å². The Labute approximate surface area is 118 Å². The standard InChI is InChI=1S/C11H20N4O2S2/c1-11(2,19(5,16)17)7-13-9-6-8(12-3)14-10(15-9)18-4/h6H,7H2,1-5H3,(H2,12,13,14,15). The van der Waals surface area contributed by atoms with Crippen molar-refractivity contribution in [2.24, 2.45) is 0 Å². The summed E-state index contributed by atoms with van der Waals surface area (Å²) in [5, 5.41) is 6.64. The van der Waals surface area contributed by atoms with Crippen molar-refractivity contribution in [3.05, 3.63) is 6.07 Å². The van der Waals surface area contributed by atoms with Gasteiger partial charge in [-0.25, -0.2) is 18.4 Å². The third kappa shape index (κ3) is 4.24. The zero-order valence-electron chi connectivity index (χ0n) is 11.8. The number of aromatic nitrogens is 2. The predicted octanol–water partition coefficient (Wildman–Crippen LogP) is 1.48. The van der Waals surface area contributed by atoms with E-state index in [2.05, 4.69) is 20.6 Å². The number of hydrogen-bond donors (Lipinski definition) is 2. The number of sulfone groups is 1. The molecule has 6 nitrogen and oxygen atoms in total. The molecule has 108 valence electrons. The summed E-state index contributed by atoms with van der Waals surface area (Å²) >= 11 is 1.43. The van der Waals surface area contributed by atoms with Crippen molar-refractivity contribution >= 4 is 33.2 Å². The molecule has 0 amide bonds. The van der Waals surface area contributed by atoms with Gasteiger partial charge in [0.2, 0.25) is 0 Å². The summed E-state index contributed by atoms with van der Waals surface area (Å²) in [6.45, 7) is 3.66. The van der Waals surface area contributed by atoms with Gasteiger partial charge in [-0.05, 0) is 20.1 Å². The Morgan fingerprint density at radius 2 is 1.89 bits per heavy atom. The number of thioether (sulfide) groups is 1. The van der Waals surface area contributed by atoms with Crippen molar-refractivity contribution in [2.75, 3.05) is 36.7 Å². The number of anilines is 2. The van der Waals surface area contributed by atoms with E-state index in [1.807, 2.05) is 6.26 Å². The van der Waals surface area contributed by atoms with Crippen LogP contribution in [-0.2, 0) is 9.84 Å². The van der Waals surface area contributed by atoms with Gasteiger partial charge in [0.15, 0.2) is 15.0 Å². The fourth-order valence-corrected chi connectivity index (χ4v) is 1.88.